The van der Waals surface area contributed by atoms with Gasteiger partial charge in [0.2, 0.25) is 11.8 Å². The number of benzene rings is 3. The first-order valence-corrected chi connectivity index (χ1v) is 13.4. The lowest BCUT2D eigenvalue weighted by Gasteiger charge is -2.14. The summed E-state index contributed by atoms with van der Waals surface area (Å²) < 4.78 is 17.5. The van der Waals surface area contributed by atoms with Gasteiger partial charge in [-0.3, -0.25) is 14.9 Å². The molecule has 1 atom stereocenters. The van der Waals surface area contributed by atoms with E-state index < -0.39 is 6.10 Å². The Labute approximate surface area is 233 Å². The van der Waals surface area contributed by atoms with Crippen molar-refractivity contribution < 1.29 is 23.5 Å². The Morgan fingerprint density at radius 1 is 1.00 bits per heavy atom. The third-order valence-electron chi connectivity index (χ3n) is 6.08. The number of amides is 2. The fraction of sp³-hybridized carbons (Fsp3) is 0.138. The van der Waals surface area contributed by atoms with Crippen LogP contribution in [-0.2, 0) is 4.79 Å². The van der Waals surface area contributed by atoms with E-state index in [2.05, 4.69) is 25.8 Å². The Bertz CT molecular complexity index is 1670. The molecule has 0 radical (unpaired) electrons. The number of rotatable bonds is 8. The van der Waals surface area contributed by atoms with Crippen molar-refractivity contribution in [3.05, 3.63) is 89.6 Å². The molecule has 3 aromatic carbocycles. The minimum Gasteiger partial charge on any atom is -0.480 e. The number of thiazole rings is 1. The zero-order chi connectivity index (χ0) is 27.5. The average Bonchev–Trinajstić information content (AvgIpc) is 3.72. The molecule has 1 fully saturated rings. The normalized spacial score (nSPS) is 14.5. The van der Waals surface area contributed by atoms with Crippen LogP contribution in [0.25, 0.3) is 22.7 Å². The van der Waals surface area contributed by atoms with E-state index in [1.165, 1.54) is 11.3 Å². The fourth-order valence-corrected chi connectivity index (χ4v) is 4.85. The minimum atomic E-state index is -0.643. The van der Waals surface area contributed by atoms with Crippen molar-refractivity contribution in [2.24, 2.45) is 0 Å². The van der Waals surface area contributed by atoms with Crippen LogP contribution in [0.5, 0.6) is 17.2 Å². The van der Waals surface area contributed by atoms with Crippen molar-refractivity contribution in [2.45, 2.75) is 19.4 Å². The van der Waals surface area contributed by atoms with Crippen molar-refractivity contribution in [1.82, 2.24) is 20.5 Å². The van der Waals surface area contributed by atoms with Crippen LogP contribution in [0.3, 0.4) is 0 Å². The summed E-state index contributed by atoms with van der Waals surface area (Å²) in [6.45, 7) is 2.26. The van der Waals surface area contributed by atoms with Gasteiger partial charge >= 0.3 is 0 Å². The number of carbonyl (C=O) groups excluding carboxylic acids is 2. The summed E-state index contributed by atoms with van der Waals surface area (Å²) in [6, 6.07) is 21.7. The number of carbonyl (C=O) groups is 2. The van der Waals surface area contributed by atoms with Crippen LogP contribution in [-0.4, -0.2) is 39.6 Å². The molecule has 0 spiro atoms. The molecular formula is C29H23N5O5S. The summed E-state index contributed by atoms with van der Waals surface area (Å²) >= 11 is 1.33. The second-order valence-corrected chi connectivity index (χ2v) is 9.85. The predicted molar refractivity (Wildman–Crippen MR) is 149 cm³/mol. The molecule has 1 aliphatic heterocycles. The second kappa shape index (κ2) is 11.0. The highest BCUT2D eigenvalue weighted by Gasteiger charge is 2.26. The van der Waals surface area contributed by atoms with Crippen LogP contribution < -0.4 is 20.1 Å². The van der Waals surface area contributed by atoms with Gasteiger partial charge in [0.05, 0.1) is 5.69 Å². The zero-order valence-electron chi connectivity index (χ0n) is 21.3. The lowest BCUT2D eigenvalue weighted by Crippen LogP contribution is -2.27. The molecule has 0 unspecified atom stereocenters. The number of hydrogen-bond acceptors (Lipinski definition) is 9. The number of anilines is 1. The van der Waals surface area contributed by atoms with Gasteiger partial charge in [-0.15, -0.1) is 21.5 Å². The summed E-state index contributed by atoms with van der Waals surface area (Å²) in [7, 11) is 0. The van der Waals surface area contributed by atoms with Gasteiger partial charge in [0.15, 0.2) is 11.2 Å². The van der Waals surface area contributed by atoms with Gasteiger partial charge in [0.25, 0.3) is 11.8 Å². The van der Waals surface area contributed by atoms with Crippen molar-refractivity contribution in [3.8, 4) is 40.0 Å². The summed E-state index contributed by atoms with van der Waals surface area (Å²) in [6.07, 6.45) is -0.112. The SMILES string of the molecule is Cc1nnc(-c2ccc(Oc3cc(O[C@H]4CCNC4=O)cc(C(=O)Nc4nc(-c5ccccc5)cs4)c3)cc2)o1. The maximum absolute atomic E-state index is 13.3. The summed E-state index contributed by atoms with van der Waals surface area (Å²) in [5, 5.41) is 15.8. The van der Waals surface area contributed by atoms with Crippen LogP contribution in [0.15, 0.2) is 82.6 Å². The molecule has 2 amide bonds. The minimum absolute atomic E-state index is 0.194. The van der Waals surface area contributed by atoms with E-state index in [9.17, 15) is 9.59 Å². The Morgan fingerprint density at radius 3 is 2.52 bits per heavy atom. The Kier molecular flexibility index (Phi) is 6.94. The number of nitrogens with zero attached hydrogens (tertiary/aromatic N) is 3. The van der Waals surface area contributed by atoms with Gasteiger partial charge in [-0.05, 0) is 36.4 Å². The number of hydrogen-bond donors (Lipinski definition) is 2. The summed E-state index contributed by atoms with van der Waals surface area (Å²) in [5.74, 6) is 1.53. The largest absolute Gasteiger partial charge is 0.480 e. The van der Waals surface area contributed by atoms with E-state index in [4.69, 9.17) is 13.9 Å². The maximum atomic E-state index is 13.3. The molecule has 0 saturated carbocycles. The first-order valence-electron chi connectivity index (χ1n) is 12.5. The van der Waals surface area contributed by atoms with Gasteiger partial charge in [0, 0.05) is 48.0 Å². The van der Waals surface area contributed by atoms with E-state index in [1.54, 1.807) is 49.4 Å². The molecule has 40 heavy (non-hydrogen) atoms. The van der Waals surface area contributed by atoms with Gasteiger partial charge in [0.1, 0.15) is 17.2 Å². The highest BCUT2D eigenvalue weighted by Crippen LogP contribution is 2.31. The van der Waals surface area contributed by atoms with Gasteiger partial charge in [-0.2, -0.15) is 0 Å². The predicted octanol–water partition coefficient (Wildman–Crippen LogP) is 5.48. The number of ether oxygens (including phenoxy) is 2. The third-order valence-corrected chi connectivity index (χ3v) is 6.83. The van der Waals surface area contributed by atoms with E-state index in [1.807, 2.05) is 35.7 Å². The summed E-state index contributed by atoms with van der Waals surface area (Å²) in [5.41, 5.74) is 2.77. The molecule has 200 valence electrons. The zero-order valence-corrected chi connectivity index (χ0v) is 22.1. The lowest BCUT2D eigenvalue weighted by molar-refractivity contribution is -0.124. The molecule has 1 aliphatic rings. The molecule has 1 saturated heterocycles. The Morgan fingerprint density at radius 2 is 1.80 bits per heavy atom. The molecule has 0 aliphatic carbocycles. The highest BCUT2D eigenvalue weighted by atomic mass is 32.1. The van der Waals surface area contributed by atoms with Crippen LogP contribution in [0.2, 0.25) is 0 Å². The molecule has 3 heterocycles. The van der Waals surface area contributed by atoms with Gasteiger partial charge < -0.3 is 19.2 Å². The first kappa shape index (κ1) is 25.3. The number of nitrogens with one attached hydrogen (secondary N) is 2. The molecule has 2 aromatic heterocycles. The molecule has 2 N–H and O–H groups in total. The second-order valence-electron chi connectivity index (χ2n) is 8.99. The van der Waals surface area contributed by atoms with Crippen LogP contribution in [0, 0.1) is 6.92 Å². The molecular weight excluding hydrogens is 530 g/mol. The monoisotopic (exact) mass is 553 g/mol. The van der Waals surface area contributed by atoms with Gasteiger partial charge in [-0.25, -0.2) is 4.98 Å². The smallest absolute Gasteiger partial charge is 0.261 e. The standard InChI is InChI=1S/C29H23N5O5S/c1-17-33-34-28(37-17)19-7-9-21(10-8-19)38-22-13-20(14-23(15-22)39-25-11-12-30-27(25)36)26(35)32-29-31-24(16-40-29)18-5-3-2-4-6-18/h2-10,13-16,25H,11-12H2,1H3,(H,30,36)(H,31,32,35)/t25-/m0/s1. The number of aryl methyl sites for hydroxylation is 1. The third kappa shape index (κ3) is 5.69. The van der Waals surface area contributed by atoms with Crippen LogP contribution in [0.1, 0.15) is 22.7 Å². The van der Waals surface area contributed by atoms with E-state index in [0.717, 1.165) is 16.8 Å². The Balaban J connectivity index is 1.24. The van der Waals surface area contributed by atoms with E-state index in [0.29, 0.717) is 52.7 Å². The van der Waals surface area contributed by atoms with Crippen molar-refractivity contribution in [2.75, 3.05) is 11.9 Å². The van der Waals surface area contributed by atoms with Crippen molar-refractivity contribution >= 4 is 28.3 Å². The highest BCUT2D eigenvalue weighted by molar-refractivity contribution is 7.14. The molecule has 6 rings (SSSR count). The van der Waals surface area contributed by atoms with E-state index >= 15 is 0 Å². The first-order chi connectivity index (χ1) is 19.5. The van der Waals surface area contributed by atoms with Gasteiger partial charge in [-0.1, -0.05) is 30.3 Å². The average molecular weight is 554 g/mol. The maximum Gasteiger partial charge on any atom is 0.261 e. The fourth-order valence-electron chi connectivity index (χ4n) is 4.13. The quantitative estimate of drug-likeness (QED) is 0.259. The van der Waals surface area contributed by atoms with Crippen LogP contribution >= 0.6 is 11.3 Å². The van der Waals surface area contributed by atoms with Crippen LogP contribution in [0.4, 0.5) is 5.13 Å². The lowest BCUT2D eigenvalue weighted by atomic mass is 10.1. The molecule has 0 bridgehead atoms. The Hall–Kier alpha value is -5.03. The molecule has 5 aromatic rings. The van der Waals surface area contributed by atoms with E-state index in [-0.39, 0.29) is 11.8 Å². The van der Waals surface area contributed by atoms with Crippen molar-refractivity contribution in [3.63, 3.8) is 0 Å². The molecule has 11 heteroatoms. The molecule has 10 nitrogen and oxygen atoms in total. The topological polar surface area (TPSA) is 128 Å². The summed E-state index contributed by atoms with van der Waals surface area (Å²) in [4.78, 5) is 29.9. The van der Waals surface area contributed by atoms with Crippen molar-refractivity contribution in [1.29, 1.82) is 0 Å². The number of aromatic nitrogens is 3.